The van der Waals surface area contributed by atoms with Crippen molar-refractivity contribution in [1.29, 1.82) is 0 Å². The lowest BCUT2D eigenvalue weighted by Crippen LogP contribution is -2.27. The molecule has 1 atom stereocenters. The van der Waals surface area contributed by atoms with Crippen LogP contribution in [0.2, 0.25) is 0 Å². The molecule has 0 aliphatic carbocycles. The number of rotatable bonds is 5. The van der Waals surface area contributed by atoms with E-state index in [0.717, 1.165) is 11.3 Å². The number of benzene rings is 2. The fourth-order valence-corrected chi connectivity index (χ4v) is 2.61. The smallest absolute Gasteiger partial charge is 0.274 e. The molecule has 1 heterocycles. The van der Waals surface area contributed by atoms with Crippen LogP contribution >= 0.6 is 0 Å². The fourth-order valence-electron chi connectivity index (χ4n) is 2.61. The molecular weight excluding hydrogens is 335 g/mol. The van der Waals surface area contributed by atoms with Gasteiger partial charge >= 0.3 is 0 Å². The first-order valence-corrected chi connectivity index (χ1v) is 8.12. The largest absolute Gasteiger partial charge is 0.497 e. The van der Waals surface area contributed by atoms with Gasteiger partial charge in [0.05, 0.1) is 24.5 Å². The first-order valence-electron chi connectivity index (χ1n) is 8.12. The van der Waals surface area contributed by atoms with Crippen molar-refractivity contribution >= 4 is 5.91 Å². The summed E-state index contributed by atoms with van der Waals surface area (Å²) in [4.78, 5) is 12.6. The molecular formula is C19H19FN4O2. The summed E-state index contributed by atoms with van der Waals surface area (Å²) in [7, 11) is 1.60. The zero-order valence-corrected chi connectivity index (χ0v) is 14.7. The van der Waals surface area contributed by atoms with Crippen LogP contribution in [0.5, 0.6) is 5.75 Å². The molecule has 0 aliphatic rings. The molecule has 0 fully saturated rings. The van der Waals surface area contributed by atoms with Gasteiger partial charge in [-0.2, -0.15) is 0 Å². The summed E-state index contributed by atoms with van der Waals surface area (Å²) in [5, 5.41) is 10.9. The van der Waals surface area contributed by atoms with Crippen molar-refractivity contribution in [3.8, 4) is 11.4 Å². The second-order valence-electron chi connectivity index (χ2n) is 5.88. The number of hydrogen-bond donors (Lipinski definition) is 1. The van der Waals surface area contributed by atoms with Gasteiger partial charge in [-0.15, -0.1) is 5.10 Å². The van der Waals surface area contributed by atoms with Crippen LogP contribution in [-0.4, -0.2) is 28.0 Å². The minimum atomic E-state index is -0.335. The first-order chi connectivity index (χ1) is 12.5. The second kappa shape index (κ2) is 7.35. The van der Waals surface area contributed by atoms with Gasteiger partial charge in [0.1, 0.15) is 11.6 Å². The third-order valence-electron chi connectivity index (χ3n) is 4.14. The molecule has 2 aromatic carbocycles. The molecule has 0 bridgehead atoms. The Hall–Kier alpha value is -3.22. The summed E-state index contributed by atoms with van der Waals surface area (Å²) >= 11 is 0. The van der Waals surface area contributed by atoms with Crippen LogP contribution in [0.25, 0.3) is 5.69 Å². The highest BCUT2D eigenvalue weighted by molar-refractivity contribution is 5.93. The van der Waals surface area contributed by atoms with E-state index in [2.05, 4.69) is 15.6 Å². The maximum atomic E-state index is 13.1. The number of nitrogens with one attached hydrogen (secondary N) is 1. The Labute approximate surface area is 150 Å². The molecule has 0 saturated heterocycles. The Morgan fingerprint density at radius 2 is 1.81 bits per heavy atom. The van der Waals surface area contributed by atoms with Crippen LogP contribution in [0.15, 0.2) is 48.5 Å². The molecule has 1 amide bonds. The van der Waals surface area contributed by atoms with Gasteiger partial charge in [0, 0.05) is 0 Å². The summed E-state index contributed by atoms with van der Waals surface area (Å²) in [6, 6.07) is 13.1. The number of carbonyl (C=O) groups excluding carboxylic acids is 1. The Balaban J connectivity index is 1.76. The van der Waals surface area contributed by atoms with Crippen LogP contribution in [0.4, 0.5) is 4.39 Å². The summed E-state index contributed by atoms with van der Waals surface area (Å²) in [5.41, 5.74) is 2.40. The molecule has 0 aliphatic heterocycles. The SMILES string of the molecule is COc1ccc([C@@H](C)NC(=O)c2nnn(-c3ccc(F)cc3)c2C)cc1. The van der Waals surface area contributed by atoms with E-state index in [1.54, 1.807) is 26.2 Å². The molecule has 1 N–H and O–H groups in total. The van der Waals surface area contributed by atoms with Crippen LogP contribution in [0, 0.1) is 12.7 Å². The highest BCUT2D eigenvalue weighted by atomic mass is 19.1. The van der Waals surface area contributed by atoms with Crippen molar-refractivity contribution in [3.63, 3.8) is 0 Å². The zero-order chi connectivity index (χ0) is 18.7. The van der Waals surface area contributed by atoms with E-state index in [0.29, 0.717) is 11.4 Å². The molecule has 26 heavy (non-hydrogen) atoms. The molecule has 0 radical (unpaired) electrons. The zero-order valence-electron chi connectivity index (χ0n) is 14.7. The van der Waals surface area contributed by atoms with Crippen LogP contribution in [-0.2, 0) is 0 Å². The number of halogens is 1. The van der Waals surface area contributed by atoms with E-state index >= 15 is 0 Å². The van der Waals surface area contributed by atoms with Crippen molar-refractivity contribution in [1.82, 2.24) is 20.3 Å². The normalized spacial score (nSPS) is 11.8. The quantitative estimate of drug-likeness (QED) is 0.764. The highest BCUT2D eigenvalue weighted by Gasteiger charge is 2.19. The topological polar surface area (TPSA) is 69.0 Å². The van der Waals surface area contributed by atoms with Gasteiger partial charge in [-0.25, -0.2) is 9.07 Å². The molecule has 0 spiro atoms. The molecule has 7 heteroatoms. The van der Waals surface area contributed by atoms with Crippen molar-refractivity contribution in [2.24, 2.45) is 0 Å². The van der Waals surface area contributed by atoms with Crippen molar-refractivity contribution < 1.29 is 13.9 Å². The van der Waals surface area contributed by atoms with Crippen molar-refractivity contribution in [2.45, 2.75) is 19.9 Å². The van der Waals surface area contributed by atoms with E-state index in [9.17, 15) is 9.18 Å². The van der Waals surface area contributed by atoms with Gasteiger partial charge in [0.25, 0.3) is 5.91 Å². The Morgan fingerprint density at radius 3 is 2.42 bits per heavy atom. The van der Waals surface area contributed by atoms with Crippen LogP contribution in [0.3, 0.4) is 0 Å². The number of carbonyl (C=O) groups is 1. The summed E-state index contributed by atoms with van der Waals surface area (Å²) in [6.07, 6.45) is 0. The lowest BCUT2D eigenvalue weighted by Gasteiger charge is -2.14. The Morgan fingerprint density at radius 1 is 1.15 bits per heavy atom. The fraction of sp³-hybridized carbons (Fsp3) is 0.211. The number of amides is 1. The summed E-state index contributed by atoms with van der Waals surface area (Å²) in [6.45, 7) is 3.63. The lowest BCUT2D eigenvalue weighted by atomic mass is 10.1. The predicted molar refractivity (Wildman–Crippen MR) is 94.9 cm³/mol. The maximum Gasteiger partial charge on any atom is 0.274 e. The van der Waals surface area contributed by atoms with Gasteiger partial charge in [-0.3, -0.25) is 4.79 Å². The van der Waals surface area contributed by atoms with E-state index in [4.69, 9.17) is 4.74 Å². The van der Waals surface area contributed by atoms with Gasteiger partial charge in [-0.1, -0.05) is 17.3 Å². The molecule has 6 nitrogen and oxygen atoms in total. The minimum Gasteiger partial charge on any atom is -0.497 e. The molecule has 3 rings (SSSR count). The van der Waals surface area contributed by atoms with Crippen molar-refractivity contribution in [3.05, 3.63) is 71.3 Å². The van der Waals surface area contributed by atoms with Gasteiger partial charge in [-0.05, 0) is 55.8 Å². The van der Waals surface area contributed by atoms with Crippen LogP contribution in [0.1, 0.15) is 34.7 Å². The van der Waals surface area contributed by atoms with E-state index in [-0.39, 0.29) is 23.5 Å². The van der Waals surface area contributed by atoms with Crippen molar-refractivity contribution in [2.75, 3.05) is 7.11 Å². The van der Waals surface area contributed by atoms with E-state index in [1.165, 1.54) is 16.8 Å². The van der Waals surface area contributed by atoms with Crippen LogP contribution < -0.4 is 10.1 Å². The average molecular weight is 354 g/mol. The monoisotopic (exact) mass is 354 g/mol. The molecule has 134 valence electrons. The lowest BCUT2D eigenvalue weighted by molar-refractivity contribution is 0.0934. The highest BCUT2D eigenvalue weighted by Crippen LogP contribution is 2.18. The molecule has 0 saturated carbocycles. The number of ether oxygens (including phenoxy) is 1. The number of hydrogen-bond acceptors (Lipinski definition) is 4. The summed E-state index contributed by atoms with van der Waals surface area (Å²) in [5.74, 6) is 0.0994. The standard InChI is InChI=1S/C19H19FN4O2/c1-12(14-4-10-17(26-3)11-5-14)21-19(25)18-13(2)24(23-22-18)16-8-6-15(20)7-9-16/h4-12H,1-3H3,(H,21,25)/t12-/m1/s1. The molecule has 1 aromatic heterocycles. The average Bonchev–Trinajstić information content (AvgIpc) is 3.04. The number of nitrogens with zero attached hydrogens (tertiary/aromatic N) is 3. The minimum absolute atomic E-state index is 0.205. The molecule has 3 aromatic rings. The third-order valence-corrected chi connectivity index (χ3v) is 4.14. The van der Waals surface area contributed by atoms with Gasteiger partial charge in [0.15, 0.2) is 5.69 Å². The Kier molecular flexibility index (Phi) is 4.97. The maximum absolute atomic E-state index is 13.1. The summed E-state index contributed by atoms with van der Waals surface area (Å²) < 4.78 is 19.7. The van der Waals surface area contributed by atoms with E-state index < -0.39 is 0 Å². The third kappa shape index (κ3) is 3.56. The number of methoxy groups -OCH3 is 1. The van der Waals surface area contributed by atoms with Gasteiger partial charge in [0.2, 0.25) is 0 Å². The molecule has 0 unspecified atom stereocenters. The first kappa shape index (κ1) is 17.6. The number of aromatic nitrogens is 3. The second-order valence-corrected chi connectivity index (χ2v) is 5.88. The Bertz CT molecular complexity index is 904. The predicted octanol–water partition coefficient (Wildman–Crippen LogP) is 3.21. The van der Waals surface area contributed by atoms with E-state index in [1.807, 2.05) is 31.2 Å². The van der Waals surface area contributed by atoms with Gasteiger partial charge < -0.3 is 10.1 Å².